The summed E-state index contributed by atoms with van der Waals surface area (Å²) in [6.45, 7) is 1.84. The van der Waals surface area contributed by atoms with Crippen molar-refractivity contribution >= 4 is 0 Å². The summed E-state index contributed by atoms with van der Waals surface area (Å²) in [7, 11) is 1.30. The molecule has 0 unspecified atom stereocenters. The standard InChI is InChI=1S/C16H14F2O2/c1-3-10-20-12-6-4-11(5-7-12)13-8-9-14(19-2)16(18)15(13)17/h3-10H,1-2H3. The van der Waals surface area contributed by atoms with Gasteiger partial charge in [-0.2, -0.15) is 4.39 Å². The third kappa shape index (κ3) is 2.79. The molecule has 0 aromatic heterocycles. The van der Waals surface area contributed by atoms with Gasteiger partial charge in [-0.25, -0.2) is 4.39 Å². The Kier molecular flexibility index (Phi) is 4.35. The molecule has 0 aliphatic rings. The first-order valence-corrected chi connectivity index (χ1v) is 6.07. The van der Waals surface area contributed by atoms with E-state index in [0.29, 0.717) is 11.3 Å². The quantitative estimate of drug-likeness (QED) is 0.762. The Bertz CT molecular complexity index is 619. The first-order chi connectivity index (χ1) is 9.67. The molecule has 0 spiro atoms. The van der Waals surface area contributed by atoms with Gasteiger partial charge in [0.15, 0.2) is 11.6 Å². The van der Waals surface area contributed by atoms with Crippen LogP contribution in [0.4, 0.5) is 8.78 Å². The first-order valence-electron chi connectivity index (χ1n) is 6.07. The third-order valence-electron chi connectivity index (χ3n) is 2.77. The lowest BCUT2D eigenvalue weighted by atomic mass is 10.0. The minimum Gasteiger partial charge on any atom is -0.494 e. The smallest absolute Gasteiger partial charge is 0.201 e. The molecular weight excluding hydrogens is 262 g/mol. The van der Waals surface area contributed by atoms with Gasteiger partial charge in [-0.15, -0.1) is 0 Å². The predicted molar refractivity (Wildman–Crippen MR) is 73.8 cm³/mol. The zero-order valence-corrected chi connectivity index (χ0v) is 11.2. The fourth-order valence-corrected chi connectivity index (χ4v) is 1.77. The van der Waals surface area contributed by atoms with Crippen LogP contribution < -0.4 is 9.47 Å². The van der Waals surface area contributed by atoms with E-state index in [4.69, 9.17) is 9.47 Å². The molecule has 2 nitrogen and oxygen atoms in total. The summed E-state index contributed by atoms with van der Waals surface area (Å²) in [5.41, 5.74) is 0.748. The number of ether oxygens (including phenoxy) is 2. The van der Waals surface area contributed by atoms with E-state index in [0.717, 1.165) is 0 Å². The lowest BCUT2D eigenvalue weighted by molar-refractivity contribution is 0.372. The molecule has 0 atom stereocenters. The molecule has 0 bridgehead atoms. The summed E-state index contributed by atoms with van der Waals surface area (Å²) in [5.74, 6) is -1.40. The number of benzene rings is 2. The van der Waals surface area contributed by atoms with Crippen LogP contribution in [0.2, 0.25) is 0 Å². The molecule has 0 N–H and O–H groups in total. The Labute approximate surface area is 116 Å². The number of hydrogen-bond donors (Lipinski definition) is 0. The largest absolute Gasteiger partial charge is 0.494 e. The maximum absolute atomic E-state index is 13.9. The fraction of sp³-hybridized carbons (Fsp3) is 0.125. The van der Waals surface area contributed by atoms with Crippen LogP contribution in [0.3, 0.4) is 0 Å². The van der Waals surface area contributed by atoms with Crippen LogP contribution in [0.15, 0.2) is 48.7 Å². The van der Waals surface area contributed by atoms with Gasteiger partial charge in [-0.1, -0.05) is 18.2 Å². The second-order valence-electron chi connectivity index (χ2n) is 4.05. The SMILES string of the molecule is CC=COc1ccc(-c2ccc(OC)c(F)c2F)cc1. The van der Waals surface area contributed by atoms with E-state index in [1.807, 2.05) is 6.92 Å². The Hall–Kier alpha value is -2.36. The van der Waals surface area contributed by atoms with Crippen LogP contribution in [0.1, 0.15) is 6.92 Å². The van der Waals surface area contributed by atoms with Gasteiger partial charge in [0.2, 0.25) is 5.82 Å². The highest BCUT2D eigenvalue weighted by Crippen LogP contribution is 2.30. The first kappa shape index (κ1) is 14.1. The van der Waals surface area contributed by atoms with Crippen molar-refractivity contribution in [3.05, 3.63) is 60.4 Å². The van der Waals surface area contributed by atoms with Crippen molar-refractivity contribution in [3.8, 4) is 22.6 Å². The van der Waals surface area contributed by atoms with Gasteiger partial charge in [0.25, 0.3) is 0 Å². The molecule has 0 saturated heterocycles. The topological polar surface area (TPSA) is 18.5 Å². The average Bonchev–Trinajstić information content (AvgIpc) is 2.48. The van der Waals surface area contributed by atoms with Crippen LogP contribution >= 0.6 is 0 Å². The molecular formula is C16H14F2O2. The van der Waals surface area contributed by atoms with Crippen LogP contribution in [0, 0.1) is 11.6 Å². The summed E-state index contributed by atoms with van der Waals surface area (Å²) in [6, 6.07) is 9.61. The normalized spacial score (nSPS) is 10.8. The Morgan fingerprint density at radius 3 is 2.25 bits per heavy atom. The second-order valence-corrected chi connectivity index (χ2v) is 4.05. The monoisotopic (exact) mass is 276 g/mol. The highest BCUT2D eigenvalue weighted by atomic mass is 19.2. The molecule has 20 heavy (non-hydrogen) atoms. The molecule has 4 heteroatoms. The van der Waals surface area contributed by atoms with Crippen LogP contribution in [-0.2, 0) is 0 Å². The van der Waals surface area contributed by atoms with E-state index in [9.17, 15) is 8.78 Å². The fourth-order valence-electron chi connectivity index (χ4n) is 1.77. The lowest BCUT2D eigenvalue weighted by Gasteiger charge is -2.08. The Balaban J connectivity index is 2.34. The molecule has 0 radical (unpaired) electrons. The summed E-state index contributed by atoms with van der Waals surface area (Å²) in [5, 5.41) is 0. The van der Waals surface area contributed by atoms with Gasteiger partial charge in [-0.05, 0) is 36.8 Å². The molecule has 0 fully saturated rings. The summed E-state index contributed by atoms with van der Waals surface area (Å²) in [4.78, 5) is 0. The van der Waals surface area contributed by atoms with Crippen LogP contribution in [0.25, 0.3) is 11.1 Å². The van der Waals surface area contributed by atoms with E-state index < -0.39 is 11.6 Å². The zero-order valence-electron chi connectivity index (χ0n) is 11.2. The van der Waals surface area contributed by atoms with Crippen LogP contribution in [0.5, 0.6) is 11.5 Å². The number of methoxy groups -OCH3 is 1. The Morgan fingerprint density at radius 1 is 0.950 bits per heavy atom. The molecule has 104 valence electrons. The summed E-state index contributed by atoms with van der Waals surface area (Å²) < 4.78 is 37.6. The van der Waals surface area contributed by atoms with Crippen molar-refractivity contribution in [1.82, 2.24) is 0 Å². The molecule has 0 saturated carbocycles. The average molecular weight is 276 g/mol. The predicted octanol–water partition coefficient (Wildman–Crippen LogP) is 4.55. The zero-order chi connectivity index (χ0) is 14.5. The van der Waals surface area contributed by atoms with Crippen molar-refractivity contribution in [2.75, 3.05) is 7.11 Å². The van der Waals surface area contributed by atoms with Gasteiger partial charge < -0.3 is 9.47 Å². The van der Waals surface area contributed by atoms with Gasteiger partial charge >= 0.3 is 0 Å². The van der Waals surface area contributed by atoms with E-state index >= 15 is 0 Å². The number of allylic oxidation sites excluding steroid dienone is 1. The van der Waals surface area contributed by atoms with Gasteiger partial charge in [0.1, 0.15) is 5.75 Å². The molecule has 0 heterocycles. The summed E-state index contributed by atoms with van der Waals surface area (Å²) in [6.07, 6.45) is 3.30. The lowest BCUT2D eigenvalue weighted by Crippen LogP contribution is -1.95. The molecule has 2 rings (SSSR count). The van der Waals surface area contributed by atoms with Crippen LogP contribution in [-0.4, -0.2) is 7.11 Å². The highest BCUT2D eigenvalue weighted by molar-refractivity contribution is 5.66. The van der Waals surface area contributed by atoms with Gasteiger partial charge in [0, 0.05) is 5.56 Å². The molecule has 2 aromatic carbocycles. The summed E-state index contributed by atoms with van der Waals surface area (Å²) >= 11 is 0. The minimum atomic E-state index is -0.987. The number of rotatable bonds is 4. The number of halogens is 2. The van der Waals surface area contributed by atoms with Crippen molar-refractivity contribution in [1.29, 1.82) is 0 Å². The third-order valence-corrected chi connectivity index (χ3v) is 2.77. The molecule has 0 aliphatic heterocycles. The van der Waals surface area contributed by atoms with E-state index in [2.05, 4.69) is 0 Å². The van der Waals surface area contributed by atoms with Crippen molar-refractivity contribution in [3.63, 3.8) is 0 Å². The van der Waals surface area contributed by atoms with Gasteiger partial charge in [-0.3, -0.25) is 0 Å². The molecule has 0 aliphatic carbocycles. The molecule has 2 aromatic rings. The number of hydrogen-bond acceptors (Lipinski definition) is 2. The van der Waals surface area contributed by atoms with Gasteiger partial charge in [0.05, 0.1) is 13.4 Å². The van der Waals surface area contributed by atoms with E-state index in [-0.39, 0.29) is 11.3 Å². The Morgan fingerprint density at radius 2 is 1.65 bits per heavy atom. The van der Waals surface area contributed by atoms with E-state index in [1.165, 1.54) is 19.2 Å². The van der Waals surface area contributed by atoms with Crippen molar-refractivity contribution in [2.45, 2.75) is 6.92 Å². The van der Waals surface area contributed by atoms with Crippen molar-refractivity contribution in [2.24, 2.45) is 0 Å². The van der Waals surface area contributed by atoms with E-state index in [1.54, 1.807) is 36.6 Å². The molecule has 0 amide bonds. The second kappa shape index (κ2) is 6.19. The maximum atomic E-state index is 13.9. The highest BCUT2D eigenvalue weighted by Gasteiger charge is 2.15. The maximum Gasteiger partial charge on any atom is 0.201 e. The minimum absolute atomic E-state index is 0.112. The van der Waals surface area contributed by atoms with Crippen molar-refractivity contribution < 1.29 is 18.3 Å².